The quantitative estimate of drug-likeness (QED) is 0.514. The molecular weight excluding hydrogens is 188 g/mol. The molecule has 0 amide bonds. The molecule has 0 saturated heterocycles. The van der Waals surface area contributed by atoms with Gasteiger partial charge in [-0.2, -0.15) is 0 Å². The first kappa shape index (κ1) is 11.1. The number of carbonyl (C=O) groups excluding carboxylic acids is 1. The van der Waals surface area contributed by atoms with Crippen LogP contribution < -0.4 is 0 Å². The minimum absolute atomic E-state index is 0.339. The fourth-order valence-electron chi connectivity index (χ4n) is 0.986. The first-order valence-corrected chi connectivity index (χ1v) is 4.49. The average molecular weight is 200 g/mol. The Morgan fingerprint density at radius 1 is 1.33 bits per heavy atom. The van der Waals surface area contributed by atoms with Gasteiger partial charge in [0.25, 0.3) is 0 Å². The summed E-state index contributed by atoms with van der Waals surface area (Å²) in [4.78, 5) is 11.1. The summed E-state index contributed by atoms with van der Waals surface area (Å²) in [5.74, 6) is 5.45. The third kappa shape index (κ3) is 3.32. The van der Waals surface area contributed by atoms with Crippen LogP contribution in [0.15, 0.2) is 36.4 Å². The Balaban J connectivity index is 2.87. The van der Waals surface area contributed by atoms with Crippen molar-refractivity contribution in [3.8, 4) is 11.8 Å². The highest BCUT2D eigenvalue weighted by Gasteiger charge is 2.02. The molecule has 1 rings (SSSR count). The Hall–Kier alpha value is -2.01. The number of hydrogen-bond donors (Lipinski definition) is 0. The lowest BCUT2D eigenvalue weighted by Gasteiger charge is -1.97. The molecule has 0 aliphatic rings. The molecule has 0 heterocycles. The summed E-state index contributed by atoms with van der Waals surface area (Å²) in [6.07, 6.45) is 0. The maximum Gasteiger partial charge on any atom is 0.337 e. The fourth-order valence-corrected chi connectivity index (χ4v) is 0.986. The van der Waals surface area contributed by atoms with Gasteiger partial charge < -0.3 is 4.74 Å². The Labute approximate surface area is 89.6 Å². The van der Waals surface area contributed by atoms with Crippen LogP contribution in [0, 0.1) is 11.8 Å². The van der Waals surface area contributed by atoms with E-state index in [9.17, 15) is 4.79 Å². The highest BCUT2D eigenvalue weighted by Crippen LogP contribution is 2.04. The summed E-state index contributed by atoms with van der Waals surface area (Å²) in [6.45, 7) is 5.52. The molecule has 0 radical (unpaired) electrons. The number of methoxy groups -OCH3 is 1. The van der Waals surface area contributed by atoms with E-state index in [1.165, 1.54) is 7.11 Å². The molecule has 2 heteroatoms. The third-order valence-electron chi connectivity index (χ3n) is 1.73. The number of esters is 1. The lowest BCUT2D eigenvalue weighted by atomic mass is 10.1. The van der Waals surface area contributed by atoms with Crippen LogP contribution in [0.2, 0.25) is 0 Å². The first-order chi connectivity index (χ1) is 7.13. The monoisotopic (exact) mass is 200 g/mol. The number of hydrogen-bond acceptors (Lipinski definition) is 2. The van der Waals surface area contributed by atoms with Gasteiger partial charge in [-0.25, -0.2) is 4.79 Å². The van der Waals surface area contributed by atoms with Crippen LogP contribution in [0.4, 0.5) is 0 Å². The zero-order valence-electron chi connectivity index (χ0n) is 8.83. The molecule has 0 aliphatic carbocycles. The molecule has 15 heavy (non-hydrogen) atoms. The molecule has 1 aromatic carbocycles. The van der Waals surface area contributed by atoms with E-state index in [0.29, 0.717) is 5.56 Å². The zero-order chi connectivity index (χ0) is 11.3. The van der Waals surface area contributed by atoms with Crippen molar-refractivity contribution in [1.82, 2.24) is 0 Å². The molecule has 0 atom stereocenters. The van der Waals surface area contributed by atoms with E-state index in [2.05, 4.69) is 23.2 Å². The highest BCUT2D eigenvalue weighted by molar-refractivity contribution is 5.89. The Morgan fingerprint density at radius 2 is 1.93 bits per heavy atom. The summed E-state index contributed by atoms with van der Waals surface area (Å²) in [5.41, 5.74) is 2.19. The van der Waals surface area contributed by atoms with Crippen LogP contribution in [-0.2, 0) is 4.74 Å². The third-order valence-corrected chi connectivity index (χ3v) is 1.73. The topological polar surface area (TPSA) is 26.3 Å². The van der Waals surface area contributed by atoms with Crippen LogP contribution in [0.25, 0.3) is 0 Å². The Kier molecular flexibility index (Phi) is 3.70. The molecule has 1 aromatic rings. The molecule has 0 N–H and O–H groups in total. The summed E-state index contributed by atoms with van der Waals surface area (Å²) in [6, 6.07) is 6.94. The van der Waals surface area contributed by atoms with Crippen molar-refractivity contribution >= 4 is 5.97 Å². The van der Waals surface area contributed by atoms with E-state index in [0.717, 1.165) is 11.1 Å². The predicted octanol–water partition coefficient (Wildman–Crippen LogP) is 2.40. The molecule has 0 aliphatic heterocycles. The fraction of sp³-hybridized carbons (Fsp3) is 0.154. The normalized spacial score (nSPS) is 8.67. The highest BCUT2D eigenvalue weighted by atomic mass is 16.5. The minimum atomic E-state index is -0.339. The number of ether oxygens (including phenoxy) is 1. The molecule has 0 fully saturated rings. The molecule has 2 nitrogen and oxygen atoms in total. The van der Waals surface area contributed by atoms with Crippen LogP contribution in [0.1, 0.15) is 22.8 Å². The second-order valence-electron chi connectivity index (χ2n) is 3.10. The minimum Gasteiger partial charge on any atom is -0.465 e. The summed E-state index contributed by atoms with van der Waals surface area (Å²) in [5, 5.41) is 0. The van der Waals surface area contributed by atoms with Crippen LogP contribution in [0.3, 0.4) is 0 Å². The van der Waals surface area contributed by atoms with Gasteiger partial charge in [-0.1, -0.05) is 18.4 Å². The summed E-state index contributed by atoms with van der Waals surface area (Å²) in [7, 11) is 1.36. The van der Waals surface area contributed by atoms with E-state index >= 15 is 0 Å². The van der Waals surface area contributed by atoms with Crippen molar-refractivity contribution in [3.05, 3.63) is 47.5 Å². The second-order valence-corrected chi connectivity index (χ2v) is 3.10. The number of benzene rings is 1. The number of carbonyl (C=O) groups is 1. The van der Waals surface area contributed by atoms with E-state index in [-0.39, 0.29) is 5.97 Å². The number of allylic oxidation sites excluding steroid dienone is 1. The lowest BCUT2D eigenvalue weighted by molar-refractivity contribution is 0.0601. The average Bonchev–Trinajstić information content (AvgIpc) is 2.26. The zero-order valence-corrected chi connectivity index (χ0v) is 8.83. The van der Waals surface area contributed by atoms with Gasteiger partial charge in [0.2, 0.25) is 0 Å². The smallest absolute Gasteiger partial charge is 0.337 e. The largest absolute Gasteiger partial charge is 0.465 e. The maximum atomic E-state index is 11.1. The molecule has 0 bridgehead atoms. The Morgan fingerprint density at radius 3 is 2.40 bits per heavy atom. The van der Waals surface area contributed by atoms with Gasteiger partial charge in [0.05, 0.1) is 12.7 Å². The van der Waals surface area contributed by atoms with E-state index in [1.807, 2.05) is 6.92 Å². The van der Waals surface area contributed by atoms with Gasteiger partial charge in [0, 0.05) is 5.56 Å². The van der Waals surface area contributed by atoms with Crippen molar-refractivity contribution in [1.29, 1.82) is 0 Å². The van der Waals surface area contributed by atoms with Gasteiger partial charge in [-0.3, -0.25) is 0 Å². The lowest BCUT2D eigenvalue weighted by Crippen LogP contribution is -2.00. The van der Waals surface area contributed by atoms with Crippen LogP contribution in [0.5, 0.6) is 0 Å². The maximum absolute atomic E-state index is 11.1. The number of rotatable bonds is 1. The van der Waals surface area contributed by atoms with Crippen LogP contribution in [-0.4, -0.2) is 13.1 Å². The van der Waals surface area contributed by atoms with E-state index in [4.69, 9.17) is 0 Å². The molecule has 76 valence electrons. The second kappa shape index (κ2) is 5.02. The molecular formula is C13H12O2. The van der Waals surface area contributed by atoms with Gasteiger partial charge in [0.1, 0.15) is 0 Å². The first-order valence-electron chi connectivity index (χ1n) is 4.49. The Bertz CT molecular complexity index is 430. The van der Waals surface area contributed by atoms with Gasteiger partial charge in [-0.15, -0.1) is 0 Å². The molecule has 0 saturated carbocycles. The van der Waals surface area contributed by atoms with Crippen molar-refractivity contribution in [3.63, 3.8) is 0 Å². The van der Waals surface area contributed by atoms with E-state index in [1.54, 1.807) is 24.3 Å². The van der Waals surface area contributed by atoms with Crippen molar-refractivity contribution in [2.75, 3.05) is 7.11 Å². The van der Waals surface area contributed by atoms with Crippen molar-refractivity contribution < 1.29 is 9.53 Å². The molecule has 0 unspecified atom stereocenters. The molecule has 0 aromatic heterocycles. The van der Waals surface area contributed by atoms with Crippen molar-refractivity contribution in [2.24, 2.45) is 0 Å². The van der Waals surface area contributed by atoms with Gasteiger partial charge in [0.15, 0.2) is 0 Å². The van der Waals surface area contributed by atoms with Gasteiger partial charge in [-0.05, 0) is 36.8 Å². The summed E-state index contributed by atoms with van der Waals surface area (Å²) >= 11 is 0. The predicted molar refractivity (Wildman–Crippen MR) is 59.5 cm³/mol. The van der Waals surface area contributed by atoms with Crippen LogP contribution >= 0.6 is 0 Å². The standard InChI is InChI=1S/C13H12O2/c1-10(2)4-5-11-6-8-12(9-7-11)13(14)15-3/h6-9H,1H2,2-3H3. The SMILES string of the molecule is C=C(C)C#Cc1ccc(C(=O)OC)cc1. The van der Waals surface area contributed by atoms with Gasteiger partial charge >= 0.3 is 5.97 Å². The van der Waals surface area contributed by atoms with E-state index < -0.39 is 0 Å². The van der Waals surface area contributed by atoms with Crippen molar-refractivity contribution in [2.45, 2.75) is 6.92 Å². The summed E-state index contributed by atoms with van der Waals surface area (Å²) < 4.78 is 4.59. The molecule has 0 spiro atoms.